The normalized spacial score (nSPS) is 15.5. The minimum Gasteiger partial charge on any atom is -0.507 e. The number of halogens is 1. The van der Waals surface area contributed by atoms with Gasteiger partial charge < -0.3 is 19.5 Å². The fourth-order valence-corrected chi connectivity index (χ4v) is 3.68. The molecule has 0 aromatic heterocycles. The molecular formula is C23H27ClN2O4. The van der Waals surface area contributed by atoms with Crippen molar-refractivity contribution in [2.24, 2.45) is 0 Å². The van der Waals surface area contributed by atoms with E-state index in [1.165, 1.54) is 13.2 Å². The van der Waals surface area contributed by atoms with Crippen molar-refractivity contribution in [3.63, 3.8) is 0 Å². The van der Waals surface area contributed by atoms with Crippen molar-refractivity contribution in [1.29, 1.82) is 0 Å². The third kappa shape index (κ3) is 4.95. The van der Waals surface area contributed by atoms with Crippen LogP contribution in [0.1, 0.15) is 21.5 Å². The number of ether oxygens (including phenoxy) is 2. The summed E-state index contributed by atoms with van der Waals surface area (Å²) in [6.07, 6.45) is 3.03. The molecule has 1 heterocycles. The van der Waals surface area contributed by atoms with Gasteiger partial charge in [0, 0.05) is 43.8 Å². The van der Waals surface area contributed by atoms with E-state index >= 15 is 0 Å². The molecule has 160 valence electrons. The lowest BCUT2D eigenvalue weighted by Gasteiger charge is -2.33. The number of hydrogen-bond donors (Lipinski definition) is 1. The van der Waals surface area contributed by atoms with Crippen molar-refractivity contribution in [2.75, 3.05) is 47.4 Å². The zero-order valence-corrected chi connectivity index (χ0v) is 18.3. The topological polar surface area (TPSA) is 62.2 Å². The summed E-state index contributed by atoms with van der Waals surface area (Å²) in [6, 6.07) is 8.89. The predicted molar refractivity (Wildman–Crippen MR) is 119 cm³/mol. The van der Waals surface area contributed by atoms with Crippen LogP contribution in [0.15, 0.2) is 36.4 Å². The Bertz CT molecular complexity index is 937. The highest BCUT2D eigenvalue weighted by atomic mass is 35.5. The molecule has 1 fully saturated rings. The average Bonchev–Trinajstić information content (AvgIpc) is 2.75. The number of phenolic OH excluding ortho intramolecular Hbond substituents is 1. The average molecular weight is 431 g/mol. The highest BCUT2D eigenvalue weighted by molar-refractivity contribution is 6.32. The molecule has 1 aliphatic rings. The molecule has 0 radical (unpaired) electrons. The van der Waals surface area contributed by atoms with Gasteiger partial charge in [-0.05, 0) is 30.8 Å². The van der Waals surface area contributed by atoms with Gasteiger partial charge in [-0.2, -0.15) is 0 Å². The fourth-order valence-electron chi connectivity index (χ4n) is 3.49. The van der Waals surface area contributed by atoms with E-state index in [-0.39, 0.29) is 22.8 Å². The molecule has 2 aromatic rings. The van der Waals surface area contributed by atoms with E-state index in [1.54, 1.807) is 25.3 Å². The van der Waals surface area contributed by atoms with E-state index in [2.05, 4.69) is 16.8 Å². The van der Waals surface area contributed by atoms with Crippen LogP contribution in [0, 0.1) is 0 Å². The maximum absolute atomic E-state index is 13.0. The minimum absolute atomic E-state index is 0.112. The molecule has 0 unspecified atom stereocenters. The Morgan fingerprint density at radius 1 is 1.13 bits per heavy atom. The molecule has 0 saturated carbocycles. The van der Waals surface area contributed by atoms with Crippen LogP contribution in [-0.2, 0) is 6.54 Å². The molecule has 3 rings (SSSR count). The summed E-state index contributed by atoms with van der Waals surface area (Å²) in [7, 11) is 5.09. The number of carbonyl (C=O) groups excluding carboxylic acids is 1. The maximum Gasteiger partial charge on any atom is 0.193 e. The van der Waals surface area contributed by atoms with Crippen LogP contribution in [-0.4, -0.2) is 68.1 Å². The van der Waals surface area contributed by atoms with E-state index in [0.717, 1.165) is 31.7 Å². The quantitative estimate of drug-likeness (QED) is 0.533. The van der Waals surface area contributed by atoms with Gasteiger partial charge in [-0.1, -0.05) is 29.8 Å². The number of rotatable bonds is 7. The Hall–Kier alpha value is -2.54. The summed E-state index contributed by atoms with van der Waals surface area (Å²) in [4.78, 5) is 17.5. The van der Waals surface area contributed by atoms with Crippen molar-refractivity contribution in [3.8, 4) is 17.2 Å². The summed E-state index contributed by atoms with van der Waals surface area (Å²) >= 11 is 6.16. The number of allylic oxidation sites excluding steroid dienone is 1. The number of aromatic hydroxyl groups is 1. The number of carbonyl (C=O) groups is 1. The number of benzene rings is 2. The largest absolute Gasteiger partial charge is 0.507 e. The highest BCUT2D eigenvalue weighted by Crippen LogP contribution is 2.40. The van der Waals surface area contributed by atoms with Gasteiger partial charge in [0.25, 0.3) is 0 Å². The molecule has 0 aliphatic carbocycles. The lowest BCUT2D eigenvalue weighted by atomic mass is 10.0. The van der Waals surface area contributed by atoms with Crippen LogP contribution in [0.25, 0.3) is 6.08 Å². The monoisotopic (exact) mass is 430 g/mol. The number of methoxy groups -OCH3 is 2. The van der Waals surface area contributed by atoms with Gasteiger partial charge in [0.2, 0.25) is 0 Å². The third-order valence-electron chi connectivity index (χ3n) is 5.31. The van der Waals surface area contributed by atoms with Crippen LogP contribution >= 0.6 is 11.6 Å². The summed E-state index contributed by atoms with van der Waals surface area (Å²) in [5.41, 5.74) is 1.42. The Labute approximate surface area is 182 Å². The van der Waals surface area contributed by atoms with E-state index < -0.39 is 0 Å². The summed E-state index contributed by atoms with van der Waals surface area (Å²) in [5.74, 6) is 0.278. The van der Waals surface area contributed by atoms with Crippen molar-refractivity contribution in [1.82, 2.24) is 9.80 Å². The van der Waals surface area contributed by atoms with Crippen molar-refractivity contribution < 1.29 is 19.4 Å². The van der Waals surface area contributed by atoms with Gasteiger partial charge in [-0.25, -0.2) is 0 Å². The molecule has 0 amide bonds. The van der Waals surface area contributed by atoms with Crippen LogP contribution in [0.5, 0.6) is 17.2 Å². The van der Waals surface area contributed by atoms with Crippen LogP contribution in [0.4, 0.5) is 0 Å². The first-order chi connectivity index (χ1) is 14.4. The second-order valence-electron chi connectivity index (χ2n) is 7.28. The van der Waals surface area contributed by atoms with Crippen LogP contribution in [0.3, 0.4) is 0 Å². The predicted octanol–water partition coefficient (Wildman–Crippen LogP) is 3.71. The smallest absolute Gasteiger partial charge is 0.193 e. The Morgan fingerprint density at radius 2 is 1.80 bits per heavy atom. The molecular weight excluding hydrogens is 404 g/mol. The second-order valence-corrected chi connectivity index (χ2v) is 7.69. The molecule has 6 nitrogen and oxygen atoms in total. The number of likely N-dealkylation sites (N-methyl/N-ethyl adjacent to an activating group) is 1. The first kappa shape index (κ1) is 22.2. The molecule has 0 bridgehead atoms. The van der Waals surface area contributed by atoms with Crippen molar-refractivity contribution in [2.45, 2.75) is 6.54 Å². The van der Waals surface area contributed by atoms with Gasteiger partial charge in [0.15, 0.2) is 5.78 Å². The molecule has 0 atom stereocenters. The first-order valence-electron chi connectivity index (χ1n) is 9.79. The van der Waals surface area contributed by atoms with Gasteiger partial charge in [0.1, 0.15) is 22.8 Å². The number of ketones is 1. The van der Waals surface area contributed by atoms with Gasteiger partial charge in [-0.15, -0.1) is 0 Å². The summed E-state index contributed by atoms with van der Waals surface area (Å²) in [5, 5.41) is 11.6. The fraction of sp³-hybridized carbons (Fsp3) is 0.348. The lowest BCUT2D eigenvalue weighted by molar-refractivity contribution is 0.104. The molecule has 1 aliphatic heterocycles. The molecule has 2 aromatic carbocycles. The van der Waals surface area contributed by atoms with Gasteiger partial charge in [0.05, 0.1) is 19.8 Å². The molecule has 30 heavy (non-hydrogen) atoms. The van der Waals surface area contributed by atoms with Gasteiger partial charge in [-0.3, -0.25) is 9.69 Å². The molecule has 7 heteroatoms. The highest BCUT2D eigenvalue weighted by Gasteiger charge is 2.25. The Morgan fingerprint density at radius 3 is 2.43 bits per heavy atom. The Kier molecular flexibility index (Phi) is 7.37. The zero-order valence-electron chi connectivity index (χ0n) is 17.5. The van der Waals surface area contributed by atoms with Crippen molar-refractivity contribution >= 4 is 23.5 Å². The van der Waals surface area contributed by atoms with E-state index in [9.17, 15) is 9.90 Å². The Balaban J connectivity index is 1.94. The summed E-state index contributed by atoms with van der Waals surface area (Å²) in [6.45, 7) is 4.14. The lowest BCUT2D eigenvalue weighted by Crippen LogP contribution is -2.43. The van der Waals surface area contributed by atoms with E-state index in [1.807, 2.05) is 18.2 Å². The van der Waals surface area contributed by atoms with Crippen LogP contribution < -0.4 is 9.47 Å². The molecule has 0 spiro atoms. The molecule has 1 saturated heterocycles. The first-order valence-corrected chi connectivity index (χ1v) is 10.2. The number of hydrogen-bond acceptors (Lipinski definition) is 6. The maximum atomic E-state index is 13.0. The van der Waals surface area contributed by atoms with Crippen molar-refractivity contribution in [3.05, 3.63) is 58.1 Å². The van der Waals surface area contributed by atoms with Gasteiger partial charge >= 0.3 is 0 Å². The summed E-state index contributed by atoms with van der Waals surface area (Å²) < 4.78 is 10.9. The minimum atomic E-state index is -0.369. The number of phenols is 1. The number of nitrogens with zero attached hydrogens (tertiary/aromatic N) is 2. The standard InChI is InChI=1S/C23H27ClN2O4/c1-25-10-12-26(13-11-25)15-17-20(29-2)14-21(30-3)22(23(17)28)19(27)9-8-16-6-4-5-7-18(16)24/h4-9,14,28H,10-13,15H2,1-3H3/b9-8+. The zero-order chi connectivity index (χ0) is 21.7. The molecule has 1 N–H and O–H groups in total. The van der Waals surface area contributed by atoms with Crippen LogP contribution in [0.2, 0.25) is 5.02 Å². The SMILES string of the molecule is COc1cc(OC)c(C(=O)/C=C/c2ccccc2Cl)c(O)c1CN1CCN(C)CC1. The van der Waals surface area contributed by atoms with E-state index in [4.69, 9.17) is 21.1 Å². The number of piperazine rings is 1. The third-order valence-corrected chi connectivity index (χ3v) is 5.66. The second kappa shape index (κ2) is 9.98. The van der Waals surface area contributed by atoms with E-state index in [0.29, 0.717) is 22.9 Å².